The van der Waals surface area contributed by atoms with Crippen LogP contribution in [0.3, 0.4) is 0 Å². The van der Waals surface area contributed by atoms with Crippen molar-refractivity contribution in [2.24, 2.45) is 0 Å². The van der Waals surface area contributed by atoms with Gasteiger partial charge in [0.1, 0.15) is 5.60 Å². The molecule has 0 aliphatic heterocycles. The van der Waals surface area contributed by atoms with Gasteiger partial charge in [0.05, 0.1) is 0 Å². The molecule has 0 spiro atoms. The van der Waals surface area contributed by atoms with E-state index in [0.29, 0.717) is 0 Å². The molecule has 0 aromatic heterocycles. The van der Waals surface area contributed by atoms with Crippen LogP contribution in [0.5, 0.6) is 0 Å². The average molecular weight is 303 g/mol. The molecule has 0 bridgehead atoms. The Bertz CT molecular complexity index is 329. The maximum Gasteiger partial charge on any atom is 0.407 e. The first-order valence-electron chi connectivity index (χ1n) is 7.30. The van der Waals surface area contributed by atoms with Crippen molar-refractivity contribution >= 4 is 12.2 Å². The van der Waals surface area contributed by atoms with Gasteiger partial charge in [0.2, 0.25) is 0 Å². The van der Waals surface area contributed by atoms with Crippen LogP contribution in [0.25, 0.3) is 0 Å². The maximum atomic E-state index is 11.5. The fourth-order valence-electron chi connectivity index (χ4n) is 1.63. The zero-order chi connectivity index (χ0) is 16.5. The molecule has 0 aromatic rings. The number of ether oxygens (including phenoxy) is 1. The average Bonchev–Trinajstić information content (AvgIpc) is 2.24. The molecule has 21 heavy (non-hydrogen) atoms. The van der Waals surface area contributed by atoms with Gasteiger partial charge in [-0.2, -0.15) is 0 Å². The number of carbonyl (C=O) groups is 2. The van der Waals surface area contributed by atoms with Gasteiger partial charge in [0.15, 0.2) is 0 Å². The zero-order valence-electron chi connectivity index (χ0n) is 13.7. The third kappa shape index (κ3) is 13.2. The Morgan fingerprint density at radius 3 is 1.95 bits per heavy atom. The summed E-state index contributed by atoms with van der Waals surface area (Å²) in [7, 11) is 0. The highest BCUT2D eigenvalue weighted by Gasteiger charge is 2.17. The predicted molar refractivity (Wildman–Crippen MR) is 81.6 cm³/mol. The Morgan fingerprint density at radius 1 is 1.05 bits per heavy atom. The van der Waals surface area contributed by atoms with Crippen LogP contribution >= 0.6 is 0 Å². The van der Waals surface area contributed by atoms with Crippen molar-refractivity contribution in [3.8, 4) is 0 Å². The molecule has 124 valence electrons. The van der Waals surface area contributed by atoms with Gasteiger partial charge in [-0.05, 0) is 60.5 Å². The highest BCUT2D eigenvalue weighted by molar-refractivity contribution is 5.68. The van der Waals surface area contributed by atoms with Crippen LogP contribution < -0.4 is 16.0 Å². The maximum absolute atomic E-state index is 11.5. The zero-order valence-corrected chi connectivity index (χ0v) is 13.7. The standard InChI is InChI=1S/C14H29N3O4/c1-10(16-12(18)19)6-8-15-9-7-11(2)17-13(20)21-14(3,4)5/h10-11,15-16H,6-9H2,1-5H3,(H,17,20)(H,18,19). The lowest BCUT2D eigenvalue weighted by Crippen LogP contribution is -2.39. The van der Waals surface area contributed by atoms with Crippen molar-refractivity contribution in [1.29, 1.82) is 0 Å². The topological polar surface area (TPSA) is 99.7 Å². The molecular weight excluding hydrogens is 274 g/mol. The SMILES string of the molecule is CC(CCNCCC(C)NC(=O)OC(C)(C)C)NC(=O)O. The quantitative estimate of drug-likeness (QED) is 0.513. The van der Waals surface area contributed by atoms with Crippen LogP contribution in [0.1, 0.15) is 47.5 Å². The van der Waals surface area contributed by atoms with Gasteiger partial charge in [-0.15, -0.1) is 0 Å². The minimum absolute atomic E-state index is 0.0157. The van der Waals surface area contributed by atoms with Gasteiger partial charge in [-0.25, -0.2) is 9.59 Å². The van der Waals surface area contributed by atoms with E-state index in [1.54, 1.807) is 0 Å². The van der Waals surface area contributed by atoms with Gasteiger partial charge < -0.3 is 25.8 Å². The molecule has 0 aromatic carbocycles. The number of hydrogen-bond donors (Lipinski definition) is 4. The van der Waals surface area contributed by atoms with Gasteiger partial charge >= 0.3 is 12.2 Å². The summed E-state index contributed by atoms with van der Waals surface area (Å²) in [5.41, 5.74) is -0.491. The van der Waals surface area contributed by atoms with Gasteiger partial charge in [0.25, 0.3) is 0 Å². The molecular formula is C14H29N3O4. The number of alkyl carbamates (subject to hydrolysis) is 1. The summed E-state index contributed by atoms with van der Waals surface area (Å²) in [6.45, 7) is 10.7. The van der Waals surface area contributed by atoms with Gasteiger partial charge in [-0.1, -0.05) is 0 Å². The molecule has 0 saturated carbocycles. The Labute approximate surface area is 126 Å². The van der Waals surface area contributed by atoms with E-state index in [4.69, 9.17) is 9.84 Å². The van der Waals surface area contributed by atoms with Crippen molar-refractivity contribution in [2.45, 2.75) is 65.1 Å². The van der Waals surface area contributed by atoms with Crippen LogP contribution in [0.15, 0.2) is 0 Å². The van der Waals surface area contributed by atoms with Crippen LogP contribution in [0, 0.1) is 0 Å². The second-order valence-electron chi connectivity index (χ2n) is 6.23. The van der Waals surface area contributed by atoms with Crippen molar-refractivity contribution in [3.05, 3.63) is 0 Å². The molecule has 0 aliphatic carbocycles. The summed E-state index contributed by atoms with van der Waals surface area (Å²) < 4.78 is 5.17. The van der Waals surface area contributed by atoms with E-state index < -0.39 is 17.8 Å². The minimum atomic E-state index is -1.00. The second kappa shape index (κ2) is 9.44. The van der Waals surface area contributed by atoms with Crippen molar-refractivity contribution < 1.29 is 19.4 Å². The fourth-order valence-corrected chi connectivity index (χ4v) is 1.63. The van der Waals surface area contributed by atoms with E-state index in [9.17, 15) is 9.59 Å². The fraction of sp³-hybridized carbons (Fsp3) is 0.857. The summed E-state index contributed by atoms with van der Waals surface area (Å²) in [5, 5.41) is 16.9. The molecule has 0 saturated heterocycles. The molecule has 2 amide bonds. The van der Waals surface area contributed by atoms with E-state index in [1.165, 1.54) is 0 Å². The summed E-state index contributed by atoms with van der Waals surface area (Å²) in [4.78, 5) is 21.9. The summed E-state index contributed by atoms with van der Waals surface area (Å²) >= 11 is 0. The Morgan fingerprint density at radius 2 is 1.52 bits per heavy atom. The van der Waals surface area contributed by atoms with Crippen LogP contribution in [0.4, 0.5) is 9.59 Å². The largest absolute Gasteiger partial charge is 0.465 e. The third-order valence-electron chi connectivity index (χ3n) is 2.64. The normalized spacial score (nSPS) is 14.1. The monoisotopic (exact) mass is 303 g/mol. The number of carboxylic acid groups (broad SMARTS) is 1. The third-order valence-corrected chi connectivity index (χ3v) is 2.64. The summed E-state index contributed by atoms with van der Waals surface area (Å²) in [6.07, 6.45) is 0.0899. The van der Waals surface area contributed by atoms with Crippen molar-refractivity contribution in [2.75, 3.05) is 13.1 Å². The molecule has 7 heteroatoms. The van der Waals surface area contributed by atoms with E-state index in [-0.39, 0.29) is 12.1 Å². The molecule has 0 heterocycles. The second-order valence-corrected chi connectivity index (χ2v) is 6.23. The predicted octanol–water partition coefficient (Wildman–Crippen LogP) is 1.93. The lowest BCUT2D eigenvalue weighted by Gasteiger charge is -2.22. The van der Waals surface area contributed by atoms with Crippen LogP contribution in [-0.2, 0) is 4.74 Å². The molecule has 0 aliphatic rings. The molecule has 4 N–H and O–H groups in total. The van der Waals surface area contributed by atoms with Crippen molar-refractivity contribution in [1.82, 2.24) is 16.0 Å². The Balaban J connectivity index is 3.64. The van der Waals surface area contributed by atoms with E-state index >= 15 is 0 Å². The van der Waals surface area contributed by atoms with E-state index in [0.717, 1.165) is 25.9 Å². The number of carbonyl (C=O) groups excluding carboxylic acids is 1. The van der Waals surface area contributed by atoms with E-state index in [2.05, 4.69) is 16.0 Å². The van der Waals surface area contributed by atoms with Gasteiger partial charge in [-0.3, -0.25) is 0 Å². The van der Waals surface area contributed by atoms with Gasteiger partial charge in [0, 0.05) is 12.1 Å². The van der Waals surface area contributed by atoms with E-state index in [1.807, 2.05) is 34.6 Å². The molecule has 2 unspecified atom stereocenters. The van der Waals surface area contributed by atoms with Crippen LogP contribution in [-0.4, -0.2) is 48.1 Å². The summed E-state index contributed by atoms with van der Waals surface area (Å²) in [5.74, 6) is 0. The lowest BCUT2D eigenvalue weighted by molar-refractivity contribution is 0.0506. The highest BCUT2D eigenvalue weighted by Crippen LogP contribution is 2.06. The molecule has 0 fully saturated rings. The molecule has 2 atom stereocenters. The Kier molecular flexibility index (Phi) is 8.76. The first kappa shape index (κ1) is 19.5. The number of rotatable bonds is 8. The minimum Gasteiger partial charge on any atom is -0.465 e. The number of amides is 2. The number of hydrogen-bond acceptors (Lipinski definition) is 4. The smallest absolute Gasteiger partial charge is 0.407 e. The highest BCUT2D eigenvalue weighted by atomic mass is 16.6. The Hall–Kier alpha value is -1.50. The van der Waals surface area contributed by atoms with Crippen molar-refractivity contribution in [3.63, 3.8) is 0 Å². The summed E-state index contributed by atoms with van der Waals surface area (Å²) in [6, 6.07) is -0.0609. The molecule has 0 radical (unpaired) electrons. The first-order valence-corrected chi connectivity index (χ1v) is 7.30. The molecule has 0 rings (SSSR count). The molecule has 7 nitrogen and oxygen atoms in total. The van der Waals surface area contributed by atoms with Crippen LogP contribution in [0.2, 0.25) is 0 Å². The first-order chi connectivity index (χ1) is 9.60. The number of nitrogens with one attached hydrogen (secondary N) is 3. The lowest BCUT2D eigenvalue weighted by atomic mass is 10.2.